The van der Waals surface area contributed by atoms with Crippen molar-refractivity contribution < 1.29 is 34.2 Å². The van der Waals surface area contributed by atoms with Crippen LogP contribution in [0.3, 0.4) is 0 Å². The molecule has 5 N–H and O–H groups in total. The molecule has 0 aliphatic carbocycles. The molecule has 4 heterocycles. The van der Waals surface area contributed by atoms with Crippen LogP contribution in [0, 0.1) is 6.92 Å². The number of carboxylic acid groups (broad SMARTS) is 2. The fourth-order valence-electron chi connectivity index (χ4n) is 3.43. The van der Waals surface area contributed by atoms with E-state index in [9.17, 15) is 24.3 Å². The van der Waals surface area contributed by atoms with Crippen molar-refractivity contribution in [3.05, 3.63) is 27.4 Å². The Morgan fingerprint density at radius 3 is 2.78 bits per heavy atom. The number of anilines is 1. The van der Waals surface area contributed by atoms with Crippen LogP contribution in [0.1, 0.15) is 17.1 Å². The Kier molecular flexibility index (Phi) is 7.48. The molecule has 1 fully saturated rings. The van der Waals surface area contributed by atoms with Crippen LogP contribution in [-0.2, 0) is 28.9 Å². The summed E-state index contributed by atoms with van der Waals surface area (Å²) in [5, 5.41) is 34.8. The lowest BCUT2D eigenvalue weighted by molar-refractivity contribution is -0.146. The van der Waals surface area contributed by atoms with Crippen molar-refractivity contribution in [2.24, 2.45) is 5.16 Å². The molecule has 2 aromatic heterocycles. The van der Waals surface area contributed by atoms with Gasteiger partial charge in [0.1, 0.15) is 16.9 Å². The number of thioether (sulfide) groups is 2. The number of carbonyl (C=O) groups excluding carboxylic acids is 2. The number of aromatic nitrogens is 3. The molecule has 2 amide bonds. The number of amides is 2. The zero-order valence-corrected chi connectivity index (χ0v) is 21.5. The molecule has 0 radical (unpaired) electrons. The standard InChI is InChI=1S/C18H17N7O7S4/c1-7-23-24-17(35-7)34-5-8-14(15(30)31)25-11(27)2-12(25)36-18(8,9-6-33-16(19)21-9)22-10(26)3-20-32-4-13(28)29/h3,6,12H,2,4-5H2,1H3,(H2,19,21)(H,22,26)(H,28,29)(H,30,31)/t12-,18?/m0/s1. The normalized spacial score (nSPS) is 21.3. The topological polar surface area (TPSA) is 210 Å². The Balaban J connectivity index is 1.79. The van der Waals surface area contributed by atoms with E-state index in [1.54, 1.807) is 12.3 Å². The Labute approximate surface area is 219 Å². The number of nitrogens with two attached hydrogens (primary N) is 1. The minimum atomic E-state index is -1.54. The number of fused-ring (bicyclic) bond motifs is 1. The van der Waals surface area contributed by atoms with E-state index in [1.807, 2.05) is 0 Å². The highest BCUT2D eigenvalue weighted by atomic mass is 32.2. The number of nitrogens with one attached hydrogen (secondary N) is 1. The van der Waals surface area contributed by atoms with Gasteiger partial charge in [-0.05, 0) is 6.92 Å². The van der Waals surface area contributed by atoms with Crippen LogP contribution in [0.4, 0.5) is 5.13 Å². The molecular weight excluding hydrogens is 555 g/mol. The molecule has 2 aliphatic rings. The minimum absolute atomic E-state index is 0.0180. The van der Waals surface area contributed by atoms with Gasteiger partial charge in [0.15, 0.2) is 14.3 Å². The molecule has 0 aromatic carbocycles. The zero-order chi connectivity index (χ0) is 26.0. The molecule has 1 unspecified atom stereocenters. The number of nitrogens with zero attached hydrogens (tertiary/aromatic N) is 5. The number of hydrogen-bond donors (Lipinski definition) is 4. The molecule has 0 saturated carbocycles. The Hall–Kier alpha value is -3.22. The van der Waals surface area contributed by atoms with Gasteiger partial charge in [0, 0.05) is 16.7 Å². The zero-order valence-electron chi connectivity index (χ0n) is 18.2. The number of thiazole rings is 1. The Morgan fingerprint density at radius 2 is 2.19 bits per heavy atom. The molecule has 2 aromatic rings. The third-order valence-electron chi connectivity index (χ3n) is 4.83. The van der Waals surface area contributed by atoms with Crippen LogP contribution in [0.2, 0.25) is 0 Å². The van der Waals surface area contributed by atoms with Gasteiger partial charge in [0.2, 0.25) is 12.5 Å². The van der Waals surface area contributed by atoms with Crippen molar-refractivity contribution in [1.29, 1.82) is 0 Å². The highest BCUT2D eigenvalue weighted by Crippen LogP contribution is 2.55. The van der Waals surface area contributed by atoms with Crippen molar-refractivity contribution in [1.82, 2.24) is 25.4 Å². The summed E-state index contributed by atoms with van der Waals surface area (Å²) in [4.78, 5) is 56.8. The van der Waals surface area contributed by atoms with Gasteiger partial charge in [-0.1, -0.05) is 40.0 Å². The predicted octanol–water partition coefficient (Wildman–Crippen LogP) is 0.677. The second-order valence-electron chi connectivity index (χ2n) is 7.19. The summed E-state index contributed by atoms with van der Waals surface area (Å²) in [6, 6.07) is 0. The average molecular weight is 572 g/mol. The number of carboxylic acids is 2. The highest BCUT2D eigenvalue weighted by molar-refractivity contribution is 8.02. The lowest BCUT2D eigenvalue weighted by atomic mass is 9.98. The SMILES string of the molecule is Cc1nnc(SCC2=C(C(=O)O)N3C(=O)C[C@@H]3SC2(NC(=O)C=NOCC(=O)O)c2csc(N)n2)s1. The second kappa shape index (κ2) is 10.4. The molecule has 2 aliphatic heterocycles. The first kappa shape index (κ1) is 25.9. The van der Waals surface area contributed by atoms with Gasteiger partial charge in [0.25, 0.3) is 5.91 Å². The maximum atomic E-state index is 12.9. The summed E-state index contributed by atoms with van der Waals surface area (Å²) in [5.41, 5.74) is 6.05. The Bertz CT molecular complexity index is 1290. The number of aryl methyl sites for hydroxylation is 1. The lowest BCUT2D eigenvalue weighted by Gasteiger charge is -2.51. The average Bonchev–Trinajstić information content (AvgIpc) is 3.43. The fourth-order valence-corrected chi connectivity index (χ4v) is 7.77. The van der Waals surface area contributed by atoms with Crippen LogP contribution >= 0.6 is 46.2 Å². The summed E-state index contributed by atoms with van der Waals surface area (Å²) in [5.74, 6) is -3.78. The summed E-state index contributed by atoms with van der Waals surface area (Å²) in [6.45, 7) is 1.02. The molecule has 14 nitrogen and oxygen atoms in total. The van der Waals surface area contributed by atoms with Crippen LogP contribution in [0.5, 0.6) is 0 Å². The molecular formula is C18H17N7O7S4. The smallest absolute Gasteiger partial charge is 0.352 e. The van der Waals surface area contributed by atoms with Gasteiger partial charge in [0.05, 0.1) is 17.5 Å². The molecule has 0 bridgehead atoms. The maximum absolute atomic E-state index is 12.9. The van der Waals surface area contributed by atoms with Gasteiger partial charge in [-0.3, -0.25) is 14.5 Å². The fraction of sp³-hybridized carbons (Fsp3) is 0.333. The predicted molar refractivity (Wildman–Crippen MR) is 131 cm³/mol. The minimum Gasteiger partial charge on any atom is -0.479 e. The largest absolute Gasteiger partial charge is 0.479 e. The number of hydrogen-bond acceptors (Lipinski definition) is 14. The monoisotopic (exact) mass is 571 g/mol. The second-order valence-corrected chi connectivity index (χ2v) is 11.9. The first-order chi connectivity index (χ1) is 17.1. The molecule has 36 heavy (non-hydrogen) atoms. The van der Waals surface area contributed by atoms with E-state index in [4.69, 9.17) is 10.8 Å². The number of β-lactam (4-membered cyclic amide) rings is 1. The molecule has 2 atom stereocenters. The molecule has 1 saturated heterocycles. The van der Waals surface area contributed by atoms with Gasteiger partial charge in [-0.15, -0.1) is 21.5 Å². The molecule has 0 spiro atoms. The van der Waals surface area contributed by atoms with Crippen LogP contribution in [0.25, 0.3) is 0 Å². The van der Waals surface area contributed by atoms with Gasteiger partial charge < -0.3 is 26.1 Å². The van der Waals surface area contributed by atoms with E-state index < -0.39 is 34.7 Å². The van der Waals surface area contributed by atoms with Crippen LogP contribution in [0.15, 0.2) is 26.1 Å². The van der Waals surface area contributed by atoms with Crippen molar-refractivity contribution in [3.8, 4) is 0 Å². The first-order valence-electron chi connectivity index (χ1n) is 9.91. The van der Waals surface area contributed by atoms with E-state index in [-0.39, 0.29) is 40.2 Å². The van der Waals surface area contributed by atoms with Crippen LogP contribution in [-0.4, -0.2) is 78.0 Å². The number of oxime groups is 1. The van der Waals surface area contributed by atoms with E-state index in [1.165, 1.54) is 28.0 Å². The highest BCUT2D eigenvalue weighted by Gasteiger charge is 2.56. The van der Waals surface area contributed by atoms with Gasteiger partial charge in [-0.2, -0.15) is 0 Å². The summed E-state index contributed by atoms with van der Waals surface area (Å²) in [6.07, 6.45) is 0.795. The van der Waals surface area contributed by atoms with E-state index in [0.717, 1.165) is 29.3 Å². The number of nitrogen functional groups attached to an aromatic ring is 1. The quantitative estimate of drug-likeness (QED) is 0.134. The number of rotatable bonds is 10. The third kappa shape index (κ3) is 5.15. The van der Waals surface area contributed by atoms with Gasteiger partial charge in [-0.25, -0.2) is 14.6 Å². The third-order valence-corrected chi connectivity index (χ3v) is 9.07. The van der Waals surface area contributed by atoms with E-state index in [0.29, 0.717) is 9.35 Å². The summed E-state index contributed by atoms with van der Waals surface area (Å²) < 4.78 is 0.563. The summed E-state index contributed by atoms with van der Waals surface area (Å²) in [7, 11) is 0. The first-order valence-corrected chi connectivity index (χ1v) is 13.5. The molecule has 18 heteroatoms. The Morgan fingerprint density at radius 1 is 1.42 bits per heavy atom. The van der Waals surface area contributed by atoms with Crippen LogP contribution < -0.4 is 11.1 Å². The van der Waals surface area contributed by atoms with E-state index in [2.05, 4.69) is 30.5 Å². The molecule has 4 rings (SSSR count). The van der Waals surface area contributed by atoms with Crippen molar-refractivity contribution in [2.75, 3.05) is 18.1 Å². The van der Waals surface area contributed by atoms with E-state index >= 15 is 0 Å². The molecule has 190 valence electrons. The number of carbonyl (C=O) groups is 4. The lowest BCUT2D eigenvalue weighted by Crippen LogP contribution is -2.61. The van der Waals surface area contributed by atoms with Crippen molar-refractivity contribution in [3.63, 3.8) is 0 Å². The summed E-state index contributed by atoms with van der Waals surface area (Å²) >= 11 is 4.74. The number of aliphatic carboxylic acids is 2. The van der Waals surface area contributed by atoms with Gasteiger partial charge >= 0.3 is 11.9 Å². The maximum Gasteiger partial charge on any atom is 0.352 e. The van der Waals surface area contributed by atoms with Crippen molar-refractivity contribution >= 4 is 81.3 Å². The van der Waals surface area contributed by atoms with Crippen molar-refractivity contribution in [2.45, 2.75) is 27.9 Å².